The molecular formula is C22H37IN4O. The maximum absolute atomic E-state index is 5.73. The molecule has 6 heteroatoms. The zero-order valence-corrected chi connectivity index (χ0v) is 19.8. The number of hydrogen-bond acceptors (Lipinski definition) is 3. The Bertz CT molecular complexity index is 598. The number of rotatable bonds is 9. The Kier molecular flexibility index (Phi) is 10.4. The summed E-state index contributed by atoms with van der Waals surface area (Å²) < 4.78 is 5.73. The topological polar surface area (TPSA) is 48.9 Å². The molecule has 0 atom stereocenters. The maximum Gasteiger partial charge on any atom is 0.191 e. The smallest absolute Gasteiger partial charge is 0.191 e. The quantitative estimate of drug-likeness (QED) is 0.308. The Labute approximate surface area is 187 Å². The molecular weight excluding hydrogens is 463 g/mol. The average molecular weight is 500 g/mol. The fourth-order valence-electron chi connectivity index (χ4n) is 3.67. The average Bonchev–Trinajstić information content (AvgIpc) is 3.53. The number of halogens is 1. The Morgan fingerprint density at radius 2 is 1.96 bits per heavy atom. The number of aliphatic imine (C=N–C) groups is 1. The third-order valence-corrected chi connectivity index (χ3v) is 5.32. The lowest BCUT2D eigenvalue weighted by Gasteiger charge is -2.33. The van der Waals surface area contributed by atoms with Crippen molar-refractivity contribution in [3.63, 3.8) is 0 Å². The van der Waals surface area contributed by atoms with E-state index in [1.165, 1.54) is 44.3 Å². The molecule has 0 spiro atoms. The number of nitrogens with zero attached hydrogens (tertiary/aromatic N) is 2. The third kappa shape index (κ3) is 7.78. The number of likely N-dealkylation sites (tertiary alicyclic amines) is 1. The molecule has 0 bridgehead atoms. The molecule has 1 aliphatic carbocycles. The summed E-state index contributed by atoms with van der Waals surface area (Å²) in [5.41, 5.74) is 1.28. The first kappa shape index (κ1) is 23.3. The van der Waals surface area contributed by atoms with Crippen molar-refractivity contribution < 1.29 is 4.74 Å². The van der Waals surface area contributed by atoms with Crippen LogP contribution in [0.5, 0.6) is 5.75 Å². The number of piperidine rings is 1. The van der Waals surface area contributed by atoms with Crippen LogP contribution in [0.4, 0.5) is 0 Å². The minimum atomic E-state index is 0. The molecule has 1 saturated heterocycles. The van der Waals surface area contributed by atoms with Gasteiger partial charge in [0.15, 0.2) is 5.96 Å². The molecule has 0 radical (unpaired) electrons. The molecule has 0 amide bonds. The second-order valence-electron chi connectivity index (χ2n) is 7.69. The van der Waals surface area contributed by atoms with Crippen LogP contribution < -0.4 is 15.4 Å². The monoisotopic (exact) mass is 500 g/mol. The molecule has 3 rings (SSSR count). The second kappa shape index (κ2) is 12.5. The summed E-state index contributed by atoms with van der Waals surface area (Å²) in [6, 6.07) is 9.83. The van der Waals surface area contributed by atoms with Crippen LogP contribution in [0.1, 0.15) is 51.5 Å². The van der Waals surface area contributed by atoms with Gasteiger partial charge in [0.05, 0.1) is 6.61 Å². The molecule has 1 aliphatic heterocycles. The van der Waals surface area contributed by atoms with Gasteiger partial charge in [-0.15, -0.1) is 24.0 Å². The van der Waals surface area contributed by atoms with Gasteiger partial charge in [0, 0.05) is 38.3 Å². The van der Waals surface area contributed by atoms with Crippen LogP contribution >= 0.6 is 24.0 Å². The molecule has 2 N–H and O–H groups in total. The molecule has 2 aliphatic rings. The summed E-state index contributed by atoms with van der Waals surface area (Å²) in [7, 11) is 0. The van der Waals surface area contributed by atoms with Gasteiger partial charge < -0.3 is 20.3 Å². The standard InChI is InChI=1S/C22H36N4O.HI/c1-3-16-27-21-7-5-6-18(17-21)10-13-24-22(23-4-2)25-19-11-14-26(15-12-19)20-8-9-20;/h5-7,17,19-20H,3-4,8-16H2,1-2H3,(H2,23,24,25);1H. The predicted octanol–water partition coefficient (Wildman–Crippen LogP) is 3.82. The zero-order chi connectivity index (χ0) is 18.9. The minimum absolute atomic E-state index is 0. The molecule has 158 valence electrons. The van der Waals surface area contributed by atoms with E-state index in [0.29, 0.717) is 6.04 Å². The molecule has 0 unspecified atom stereocenters. The predicted molar refractivity (Wildman–Crippen MR) is 128 cm³/mol. The summed E-state index contributed by atoms with van der Waals surface area (Å²) in [6.45, 7) is 9.17. The molecule has 0 aromatic heterocycles. The number of guanidine groups is 1. The van der Waals surface area contributed by atoms with E-state index in [0.717, 1.165) is 50.3 Å². The van der Waals surface area contributed by atoms with Crippen LogP contribution in [-0.2, 0) is 6.42 Å². The van der Waals surface area contributed by atoms with E-state index in [1.54, 1.807) is 0 Å². The first-order valence-corrected chi connectivity index (χ1v) is 10.8. The van der Waals surface area contributed by atoms with Gasteiger partial charge in [0.2, 0.25) is 0 Å². The lowest BCUT2D eigenvalue weighted by atomic mass is 10.1. The van der Waals surface area contributed by atoms with Crippen molar-refractivity contribution in [2.75, 3.05) is 32.8 Å². The van der Waals surface area contributed by atoms with E-state index in [4.69, 9.17) is 9.73 Å². The summed E-state index contributed by atoms with van der Waals surface area (Å²) in [4.78, 5) is 7.46. The van der Waals surface area contributed by atoms with E-state index in [2.05, 4.69) is 47.6 Å². The summed E-state index contributed by atoms with van der Waals surface area (Å²) in [5.74, 6) is 1.92. The Morgan fingerprint density at radius 3 is 2.64 bits per heavy atom. The van der Waals surface area contributed by atoms with E-state index in [-0.39, 0.29) is 24.0 Å². The van der Waals surface area contributed by atoms with Crippen molar-refractivity contribution in [2.24, 2.45) is 4.99 Å². The Balaban J connectivity index is 0.00000280. The number of ether oxygens (including phenoxy) is 1. The molecule has 28 heavy (non-hydrogen) atoms. The Morgan fingerprint density at radius 1 is 1.18 bits per heavy atom. The van der Waals surface area contributed by atoms with E-state index < -0.39 is 0 Å². The molecule has 1 saturated carbocycles. The van der Waals surface area contributed by atoms with Crippen LogP contribution in [0.2, 0.25) is 0 Å². The number of nitrogens with one attached hydrogen (secondary N) is 2. The highest BCUT2D eigenvalue weighted by Gasteiger charge is 2.31. The highest BCUT2D eigenvalue weighted by Crippen LogP contribution is 2.29. The van der Waals surface area contributed by atoms with Crippen molar-refractivity contribution in [1.29, 1.82) is 0 Å². The fourth-order valence-corrected chi connectivity index (χ4v) is 3.67. The first-order valence-electron chi connectivity index (χ1n) is 10.8. The highest BCUT2D eigenvalue weighted by atomic mass is 127. The van der Waals surface area contributed by atoms with Gasteiger partial charge in [-0.2, -0.15) is 0 Å². The number of hydrogen-bond donors (Lipinski definition) is 2. The highest BCUT2D eigenvalue weighted by molar-refractivity contribution is 14.0. The minimum Gasteiger partial charge on any atom is -0.494 e. The van der Waals surface area contributed by atoms with Crippen molar-refractivity contribution in [2.45, 2.75) is 64.5 Å². The summed E-state index contributed by atoms with van der Waals surface area (Å²) >= 11 is 0. The van der Waals surface area contributed by atoms with E-state index in [9.17, 15) is 0 Å². The van der Waals surface area contributed by atoms with Crippen molar-refractivity contribution in [1.82, 2.24) is 15.5 Å². The van der Waals surface area contributed by atoms with Gasteiger partial charge in [-0.3, -0.25) is 4.99 Å². The SMILES string of the molecule is CCCOc1cccc(CCN=C(NCC)NC2CCN(C3CC3)CC2)c1.I. The molecule has 1 aromatic rings. The summed E-state index contributed by atoms with van der Waals surface area (Å²) in [6.07, 6.45) is 7.22. The van der Waals surface area contributed by atoms with Crippen LogP contribution in [0.15, 0.2) is 29.3 Å². The first-order chi connectivity index (χ1) is 13.3. The second-order valence-corrected chi connectivity index (χ2v) is 7.69. The van der Waals surface area contributed by atoms with Gasteiger partial charge in [-0.25, -0.2) is 0 Å². The van der Waals surface area contributed by atoms with Crippen LogP contribution in [0.25, 0.3) is 0 Å². The Hall–Kier alpha value is -1.02. The van der Waals surface area contributed by atoms with Gasteiger partial charge >= 0.3 is 0 Å². The van der Waals surface area contributed by atoms with Gasteiger partial charge in [-0.1, -0.05) is 19.1 Å². The molecule has 5 nitrogen and oxygen atoms in total. The maximum atomic E-state index is 5.73. The molecule has 2 fully saturated rings. The fraction of sp³-hybridized carbons (Fsp3) is 0.682. The van der Waals surface area contributed by atoms with Crippen molar-refractivity contribution in [3.8, 4) is 5.75 Å². The number of benzene rings is 1. The largest absolute Gasteiger partial charge is 0.494 e. The van der Waals surface area contributed by atoms with E-state index >= 15 is 0 Å². The zero-order valence-electron chi connectivity index (χ0n) is 17.5. The van der Waals surface area contributed by atoms with Gasteiger partial charge in [0.25, 0.3) is 0 Å². The molecule has 1 heterocycles. The normalized spacial score (nSPS) is 18.4. The van der Waals surface area contributed by atoms with Gasteiger partial charge in [0.1, 0.15) is 5.75 Å². The van der Waals surface area contributed by atoms with E-state index in [1.807, 2.05) is 6.07 Å². The van der Waals surface area contributed by atoms with Crippen LogP contribution in [-0.4, -0.2) is 55.7 Å². The van der Waals surface area contributed by atoms with Gasteiger partial charge in [-0.05, 0) is 63.1 Å². The van der Waals surface area contributed by atoms with Crippen LogP contribution in [0, 0.1) is 0 Å². The van der Waals surface area contributed by atoms with Crippen LogP contribution in [0.3, 0.4) is 0 Å². The lowest BCUT2D eigenvalue weighted by Crippen LogP contribution is -2.49. The van der Waals surface area contributed by atoms with Crippen molar-refractivity contribution in [3.05, 3.63) is 29.8 Å². The molecule has 1 aromatic carbocycles. The lowest BCUT2D eigenvalue weighted by molar-refractivity contribution is 0.197. The summed E-state index contributed by atoms with van der Waals surface area (Å²) in [5, 5.41) is 7.05. The van der Waals surface area contributed by atoms with Crippen molar-refractivity contribution >= 4 is 29.9 Å². The third-order valence-electron chi connectivity index (χ3n) is 5.32.